The minimum absolute atomic E-state index is 0.0987. The molecule has 0 radical (unpaired) electrons. The molecule has 1 N–H and O–H groups in total. The maximum atomic E-state index is 11.9. The van der Waals surface area contributed by atoms with E-state index in [2.05, 4.69) is 16.4 Å². The summed E-state index contributed by atoms with van der Waals surface area (Å²) < 4.78 is 4.92. The van der Waals surface area contributed by atoms with Crippen LogP contribution in [0.4, 0.5) is 5.82 Å². The third-order valence-corrected chi connectivity index (χ3v) is 3.03. The Morgan fingerprint density at radius 1 is 1.52 bits per heavy atom. The highest BCUT2D eigenvalue weighted by atomic mass is 16.5. The quantitative estimate of drug-likeness (QED) is 0.762. The van der Waals surface area contributed by atoms with Crippen LogP contribution >= 0.6 is 0 Å². The van der Waals surface area contributed by atoms with E-state index in [1.165, 1.54) is 0 Å². The highest BCUT2D eigenvalue weighted by Gasteiger charge is 2.15. The third-order valence-electron chi connectivity index (χ3n) is 3.03. The first kappa shape index (κ1) is 16.9. The highest BCUT2D eigenvalue weighted by molar-refractivity contribution is 5.81. The van der Waals surface area contributed by atoms with Gasteiger partial charge in [-0.1, -0.05) is 0 Å². The number of rotatable bonds is 7. The van der Waals surface area contributed by atoms with Crippen molar-refractivity contribution in [2.75, 3.05) is 38.8 Å². The van der Waals surface area contributed by atoms with Gasteiger partial charge in [0.15, 0.2) is 0 Å². The summed E-state index contributed by atoms with van der Waals surface area (Å²) in [5, 5.41) is 12.1. The van der Waals surface area contributed by atoms with Gasteiger partial charge in [0.1, 0.15) is 11.9 Å². The van der Waals surface area contributed by atoms with E-state index in [4.69, 9.17) is 4.74 Å². The van der Waals surface area contributed by atoms with Gasteiger partial charge in [-0.25, -0.2) is 4.98 Å². The van der Waals surface area contributed by atoms with Gasteiger partial charge in [-0.3, -0.25) is 4.79 Å². The fourth-order valence-electron chi connectivity index (χ4n) is 2.02. The number of hydrogen-bond acceptors (Lipinski definition) is 5. The van der Waals surface area contributed by atoms with Crippen molar-refractivity contribution in [3.05, 3.63) is 22.9 Å². The molecule has 0 aliphatic carbocycles. The molecule has 114 valence electrons. The molecule has 0 saturated carbocycles. The van der Waals surface area contributed by atoms with Crippen LogP contribution in [0.2, 0.25) is 0 Å². The third kappa shape index (κ3) is 5.04. The number of pyridine rings is 1. The summed E-state index contributed by atoms with van der Waals surface area (Å²) in [6.07, 6.45) is 0.775. The van der Waals surface area contributed by atoms with Gasteiger partial charge in [0.05, 0.1) is 12.1 Å². The molecular weight excluding hydrogens is 268 g/mol. The van der Waals surface area contributed by atoms with Gasteiger partial charge in [-0.15, -0.1) is 0 Å². The number of nitriles is 1. The number of ether oxygens (including phenoxy) is 1. The van der Waals surface area contributed by atoms with Gasteiger partial charge in [0, 0.05) is 33.0 Å². The molecule has 6 nitrogen and oxygen atoms in total. The summed E-state index contributed by atoms with van der Waals surface area (Å²) in [5.74, 6) is 0.445. The number of hydrogen-bond donors (Lipinski definition) is 1. The van der Waals surface area contributed by atoms with Crippen LogP contribution in [0.3, 0.4) is 0 Å². The van der Waals surface area contributed by atoms with E-state index in [-0.39, 0.29) is 12.5 Å². The van der Waals surface area contributed by atoms with E-state index in [1.54, 1.807) is 19.1 Å². The molecule has 0 unspecified atom stereocenters. The van der Waals surface area contributed by atoms with E-state index < -0.39 is 0 Å². The lowest BCUT2D eigenvalue weighted by atomic mass is 10.1. The lowest BCUT2D eigenvalue weighted by Gasteiger charge is -2.20. The first-order chi connectivity index (χ1) is 9.99. The van der Waals surface area contributed by atoms with Gasteiger partial charge < -0.3 is 15.0 Å². The van der Waals surface area contributed by atoms with Crippen LogP contribution in [0, 0.1) is 25.2 Å². The molecule has 0 fully saturated rings. The van der Waals surface area contributed by atoms with Crippen molar-refractivity contribution in [3.8, 4) is 6.07 Å². The zero-order valence-electron chi connectivity index (χ0n) is 13.1. The molecule has 1 rings (SSSR count). The number of nitrogens with one attached hydrogen (secondary N) is 1. The number of carbonyl (C=O) groups excluding carboxylic acids is 1. The molecule has 0 spiro atoms. The van der Waals surface area contributed by atoms with Gasteiger partial charge in [-0.05, 0) is 31.9 Å². The predicted molar refractivity (Wildman–Crippen MR) is 81.2 cm³/mol. The molecule has 1 heterocycles. The number of likely N-dealkylation sites (N-methyl/N-ethyl adjacent to an activating group) is 1. The van der Waals surface area contributed by atoms with E-state index in [1.807, 2.05) is 19.9 Å². The topological polar surface area (TPSA) is 78.2 Å². The van der Waals surface area contributed by atoms with Crippen LogP contribution in [0.1, 0.15) is 23.2 Å². The van der Waals surface area contributed by atoms with Crippen LogP contribution < -0.4 is 10.2 Å². The zero-order valence-corrected chi connectivity index (χ0v) is 13.1. The number of methoxy groups -OCH3 is 1. The summed E-state index contributed by atoms with van der Waals surface area (Å²) in [7, 11) is 3.39. The van der Waals surface area contributed by atoms with Crippen LogP contribution in [0.25, 0.3) is 0 Å². The Morgan fingerprint density at radius 2 is 2.24 bits per heavy atom. The average Bonchev–Trinajstić information content (AvgIpc) is 2.42. The molecule has 0 aliphatic rings. The zero-order chi connectivity index (χ0) is 15.8. The van der Waals surface area contributed by atoms with E-state index in [0.717, 1.165) is 17.7 Å². The van der Waals surface area contributed by atoms with Crippen molar-refractivity contribution < 1.29 is 9.53 Å². The monoisotopic (exact) mass is 290 g/mol. The van der Waals surface area contributed by atoms with Crippen molar-refractivity contribution in [3.63, 3.8) is 0 Å². The maximum Gasteiger partial charge on any atom is 0.239 e. The van der Waals surface area contributed by atoms with Crippen molar-refractivity contribution in [1.29, 1.82) is 5.26 Å². The second-order valence-corrected chi connectivity index (χ2v) is 4.94. The summed E-state index contributed by atoms with van der Waals surface area (Å²) in [6, 6.07) is 4.01. The molecule has 1 aromatic heterocycles. The van der Waals surface area contributed by atoms with Crippen molar-refractivity contribution in [2.24, 2.45) is 0 Å². The molecule has 1 amide bonds. The Morgan fingerprint density at radius 3 is 2.86 bits per heavy atom. The van der Waals surface area contributed by atoms with E-state index in [0.29, 0.717) is 24.5 Å². The van der Waals surface area contributed by atoms with E-state index in [9.17, 15) is 10.1 Å². The maximum absolute atomic E-state index is 11.9. The lowest BCUT2D eigenvalue weighted by molar-refractivity contribution is -0.119. The largest absolute Gasteiger partial charge is 0.385 e. The summed E-state index contributed by atoms with van der Waals surface area (Å²) in [4.78, 5) is 17.9. The molecule has 0 atom stereocenters. The van der Waals surface area contributed by atoms with Crippen molar-refractivity contribution >= 4 is 11.7 Å². The van der Waals surface area contributed by atoms with Crippen molar-refractivity contribution in [1.82, 2.24) is 10.3 Å². The van der Waals surface area contributed by atoms with Crippen LogP contribution in [0.5, 0.6) is 0 Å². The van der Waals surface area contributed by atoms with Crippen LogP contribution in [0.15, 0.2) is 6.07 Å². The number of amides is 1. The highest BCUT2D eigenvalue weighted by Crippen LogP contribution is 2.20. The summed E-state index contributed by atoms with van der Waals surface area (Å²) >= 11 is 0. The number of aryl methyl sites for hydroxylation is 2. The molecule has 6 heteroatoms. The molecule has 1 aromatic rings. The Labute approximate surface area is 125 Å². The molecule has 0 aromatic carbocycles. The van der Waals surface area contributed by atoms with Crippen LogP contribution in [-0.4, -0.2) is 44.7 Å². The van der Waals surface area contributed by atoms with Gasteiger partial charge in [0.2, 0.25) is 5.91 Å². The second kappa shape index (κ2) is 8.22. The average molecular weight is 290 g/mol. The molecule has 21 heavy (non-hydrogen) atoms. The van der Waals surface area contributed by atoms with Gasteiger partial charge in [-0.2, -0.15) is 5.26 Å². The van der Waals surface area contributed by atoms with Gasteiger partial charge in [0.25, 0.3) is 0 Å². The Hall–Kier alpha value is -2.13. The molecule has 0 bridgehead atoms. The second-order valence-electron chi connectivity index (χ2n) is 4.94. The Kier molecular flexibility index (Phi) is 6.63. The SMILES string of the molecule is COCCCNC(=O)CN(C)c1nc(C)cc(C)c1C#N. The molecular formula is C15H22N4O2. The number of nitrogens with zero attached hydrogens (tertiary/aromatic N) is 3. The normalized spacial score (nSPS) is 10.0. The Balaban J connectivity index is 2.69. The Bertz CT molecular complexity index is 537. The minimum Gasteiger partial charge on any atom is -0.385 e. The minimum atomic E-state index is -0.0987. The van der Waals surface area contributed by atoms with Crippen molar-refractivity contribution in [2.45, 2.75) is 20.3 Å². The predicted octanol–water partition coefficient (Wildman–Crippen LogP) is 1.16. The standard InChI is InChI=1S/C15H22N4O2/c1-11-8-12(2)18-15(13(11)9-16)19(3)10-14(20)17-6-5-7-21-4/h8H,5-7,10H2,1-4H3,(H,17,20). The summed E-state index contributed by atoms with van der Waals surface area (Å²) in [6.45, 7) is 5.10. The fourth-order valence-corrected chi connectivity index (χ4v) is 2.02. The first-order valence-electron chi connectivity index (χ1n) is 6.84. The molecule has 0 saturated heterocycles. The smallest absolute Gasteiger partial charge is 0.239 e. The number of carbonyl (C=O) groups is 1. The van der Waals surface area contributed by atoms with Crippen LogP contribution in [-0.2, 0) is 9.53 Å². The fraction of sp³-hybridized carbons (Fsp3) is 0.533. The van der Waals surface area contributed by atoms with Gasteiger partial charge >= 0.3 is 0 Å². The molecule has 0 aliphatic heterocycles. The summed E-state index contributed by atoms with van der Waals surface area (Å²) in [5.41, 5.74) is 2.21. The first-order valence-corrected chi connectivity index (χ1v) is 6.84. The van der Waals surface area contributed by atoms with E-state index >= 15 is 0 Å². The number of anilines is 1. The number of aromatic nitrogens is 1. The lowest BCUT2D eigenvalue weighted by Crippen LogP contribution is -2.36.